The Bertz CT molecular complexity index is 2040. The van der Waals surface area contributed by atoms with Crippen LogP contribution in [0.3, 0.4) is 0 Å². The third kappa shape index (κ3) is 2.08. The molecule has 7 aromatic rings. The van der Waals surface area contributed by atoms with E-state index in [1.54, 1.807) is 42.7 Å². The summed E-state index contributed by atoms with van der Waals surface area (Å²) in [4.78, 5) is 42.7. The molecule has 150 valence electrons. The fourth-order valence-electron chi connectivity index (χ4n) is 4.80. The maximum absolute atomic E-state index is 13.5. The molecule has 0 atom stereocenters. The summed E-state index contributed by atoms with van der Waals surface area (Å²) in [7, 11) is 0. The second-order valence-electron chi connectivity index (χ2n) is 7.91. The number of benzene rings is 4. The number of fused-ring (bicyclic) bond motifs is 10. The van der Waals surface area contributed by atoms with Gasteiger partial charge in [-0.1, -0.05) is 24.3 Å². The van der Waals surface area contributed by atoms with Gasteiger partial charge >= 0.3 is 0 Å². The first-order valence-electron chi connectivity index (χ1n) is 10.3. The van der Waals surface area contributed by atoms with Crippen molar-refractivity contribution < 1.29 is 0 Å². The quantitative estimate of drug-likeness (QED) is 0.276. The fourth-order valence-corrected chi connectivity index (χ4v) is 4.80. The van der Waals surface area contributed by atoms with E-state index in [4.69, 9.17) is 0 Å². The lowest BCUT2D eigenvalue weighted by atomic mass is 10.0. The highest BCUT2D eigenvalue weighted by Gasteiger charge is 2.16. The summed E-state index contributed by atoms with van der Waals surface area (Å²) in [5.41, 5.74) is 4.32. The van der Waals surface area contributed by atoms with E-state index in [1.165, 1.54) is 0 Å². The van der Waals surface area contributed by atoms with Crippen LogP contribution in [0.1, 0.15) is 0 Å². The fraction of sp³-hybridized carbons (Fsp3) is 0. The van der Waals surface area contributed by atoms with Crippen LogP contribution in [0.25, 0.3) is 65.4 Å². The molecule has 4 aromatic carbocycles. The highest BCUT2D eigenvalue weighted by atomic mass is 16.1. The molecule has 32 heavy (non-hydrogen) atoms. The first-order valence-corrected chi connectivity index (χ1v) is 10.3. The highest BCUT2D eigenvalue weighted by Crippen LogP contribution is 2.32. The van der Waals surface area contributed by atoms with Crippen molar-refractivity contribution in [2.45, 2.75) is 0 Å². The molecule has 0 radical (unpaired) electrons. The van der Waals surface area contributed by atoms with Crippen LogP contribution in [0.5, 0.6) is 0 Å². The average molecular weight is 414 g/mol. The number of nitrogens with one attached hydrogen (secondary N) is 2. The van der Waals surface area contributed by atoms with E-state index in [0.29, 0.717) is 27.1 Å². The van der Waals surface area contributed by atoms with Crippen molar-refractivity contribution in [1.82, 2.24) is 19.9 Å². The third-order valence-electron chi connectivity index (χ3n) is 6.23. The molecule has 0 saturated carbocycles. The smallest absolute Gasteiger partial charge is 0.196 e. The van der Waals surface area contributed by atoms with E-state index in [-0.39, 0.29) is 10.9 Å². The van der Waals surface area contributed by atoms with Crippen LogP contribution in [-0.2, 0) is 0 Å². The van der Waals surface area contributed by atoms with Gasteiger partial charge < -0.3 is 9.97 Å². The molecule has 7 rings (SSSR count). The van der Waals surface area contributed by atoms with Crippen molar-refractivity contribution in [1.29, 1.82) is 0 Å². The third-order valence-corrected chi connectivity index (χ3v) is 6.23. The number of nitrogens with zero attached hydrogens (tertiary/aromatic N) is 2. The van der Waals surface area contributed by atoms with E-state index >= 15 is 0 Å². The summed E-state index contributed by atoms with van der Waals surface area (Å²) in [6, 6.07) is 18.3. The van der Waals surface area contributed by atoms with Gasteiger partial charge in [-0.2, -0.15) is 0 Å². The van der Waals surface area contributed by atoms with E-state index in [1.807, 2.05) is 30.3 Å². The largest absolute Gasteiger partial charge is 0.352 e. The lowest BCUT2D eigenvalue weighted by molar-refractivity contribution is 1.36. The standard InChI is InChI=1S/C26H14N4O2/c31-25-13-5-1-2-6-14(13)26(32)19-15(25)9-10-18-24(19)30-23-17-8-4-12-28-21(17)20-16(22(23)29-18)7-3-11-27-20/h1-12,29-30H. The topological polar surface area (TPSA) is 91.5 Å². The number of pyridine rings is 2. The summed E-state index contributed by atoms with van der Waals surface area (Å²) in [6.07, 6.45) is 3.50. The Morgan fingerprint density at radius 2 is 1.12 bits per heavy atom. The van der Waals surface area contributed by atoms with Gasteiger partial charge in [0.1, 0.15) is 0 Å². The molecule has 6 heteroatoms. The van der Waals surface area contributed by atoms with Crippen LogP contribution in [0.2, 0.25) is 0 Å². The summed E-state index contributed by atoms with van der Waals surface area (Å²) < 4.78 is 0. The van der Waals surface area contributed by atoms with Crippen LogP contribution >= 0.6 is 0 Å². The molecule has 0 spiro atoms. The zero-order valence-corrected chi connectivity index (χ0v) is 16.6. The molecule has 6 nitrogen and oxygen atoms in total. The Morgan fingerprint density at radius 3 is 1.81 bits per heavy atom. The Hall–Kier alpha value is -4.58. The number of aromatic nitrogens is 4. The molecule has 3 aromatic heterocycles. The second-order valence-corrected chi connectivity index (χ2v) is 7.91. The second kappa shape index (κ2) is 5.98. The summed E-state index contributed by atoms with van der Waals surface area (Å²) in [5.74, 6) is 0. The molecule has 0 bridgehead atoms. The molecule has 0 aliphatic heterocycles. The molecule has 0 aliphatic carbocycles. The van der Waals surface area contributed by atoms with Gasteiger partial charge in [0.25, 0.3) is 0 Å². The van der Waals surface area contributed by atoms with Crippen LogP contribution in [0, 0.1) is 0 Å². The minimum Gasteiger partial charge on any atom is -0.352 e. The molecule has 0 unspecified atom stereocenters. The average Bonchev–Trinajstić information content (AvgIpc) is 2.86. The predicted octanol–water partition coefficient (Wildman–Crippen LogP) is 4.77. The predicted molar refractivity (Wildman–Crippen MR) is 128 cm³/mol. The molecular weight excluding hydrogens is 400 g/mol. The molecule has 0 aliphatic rings. The van der Waals surface area contributed by atoms with Gasteiger partial charge in [-0.3, -0.25) is 19.6 Å². The Kier molecular flexibility index (Phi) is 3.20. The van der Waals surface area contributed by atoms with E-state index < -0.39 is 0 Å². The van der Waals surface area contributed by atoms with Gasteiger partial charge in [0.2, 0.25) is 0 Å². The van der Waals surface area contributed by atoms with Crippen molar-refractivity contribution >= 4 is 65.4 Å². The molecule has 3 heterocycles. The van der Waals surface area contributed by atoms with Gasteiger partial charge in [0, 0.05) is 39.3 Å². The van der Waals surface area contributed by atoms with Crippen molar-refractivity contribution in [2.24, 2.45) is 0 Å². The number of aromatic amines is 2. The summed E-state index contributed by atoms with van der Waals surface area (Å²) in [6.45, 7) is 0. The van der Waals surface area contributed by atoms with Crippen molar-refractivity contribution in [3.05, 3.63) is 93.5 Å². The van der Waals surface area contributed by atoms with E-state index in [9.17, 15) is 9.59 Å². The lowest BCUT2D eigenvalue weighted by Gasteiger charge is -2.12. The number of hydrogen-bond donors (Lipinski definition) is 2. The molecule has 2 N–H and O–H groups in total. The molecule has 0 fully saturated rings. The van der Waals surface area contributed by atoms with Gasteiger partial charge in [0.15, 0.2) is 10.9 Å². The zero-order valence-electron chi connectivity index (χ0n) is 16.6. The summed E-state index contributed by atoms with van der Waals surface area (Å²) in [5, 5.41) is 3.50. The molecule has 0 saturated heterocycles. The first-order chi connectivity index (χ1) is 15.7. The van der Waals surface area contributed by atoms with Gasteiger partial charge in [-0.05, 0) is 36.4 Å². The highest BCUT2D eigenvalue weighted by molar-refractivity contribution is 6.22. The van der Waals surface area contributed by atoms with Crippen LogP contribution in [0.15, 0.2) is 82.6 Å². The maximum Gasteiger partial charge on any atom is 0.196 e. The van der Waals surface area contributed by atoms with E-state index in [2.05, 4.69) is 19.9 Å². The zero-order chi connectivity index (χ0) is 21.4. The molecule has 0 amide bonds. The van der Waals surface area contributed by atoms with Crippen molar-refractivity contribution in [3.63, 3.8) is 0 Å². The van der Waals surface area contributed by atoms with Crippen LogP contribution < -0.4 is 10.9 Å². The number of rotatable bonds is 0. The van der Waals surface area contributed by atoms with Crippen LogP contribution in [-0.4, -0.2) is 19.9 Å². The molecular formula is C26H14N4O2. The minimum atomic E-state index is -0.158. The van der Waals surface area contributed by atoms with Gasteiger partial charge in [0.05, 0.1) is 38.5 Å². The van der Waals surface area contributed by atoms with Crippen molar-refractivity contribution in [3.8, 4) is 0 Å². The van der Waals surface area contributed by atoms with E-state index in [0.717, 1.165) is 38.4 Å². The SMILES string of the molecule is O=c1c2ccccc2c(=O)c2c1ccc1[nH]c3c4cccnc4c4ncccc4c3[nH]c12. The number of H-pyrrole nitrogens is 2. The minimum absolute atomic E-state index is 0.139. The monoisotopic (exact) mass is 414 g/mol. The Balaban J connectivity index is 1.80. The first kappa shape index (κ1) is 17.1. The lowest BCUT2D eigenvalue weighted by Crippen LogP contribution is -2.13. The Morgan fingerprint density at radius 1 is 0.531 bits per heavy atom. The maximum atomic E-state index is 13.5. The normalized spacial score (nSPS) is 12.0. The Labute approximate surface area is 179 Å². The van der Waals surface area contributed by atoms with Crippen LogP contribution in [0.4, 0.5) is 0 Å². The van der Waals surface area contributed by atoms with Gasteiger partial charge in [-0.25, -0.2) is 0 Å². The number of hydrogen-bond acceptors (Lipinski definition) is 4. The summed E-state index contributed by atoms with van der Waals surface area (Å²) >= 11 is 0. The van der Waals surface area contributed by atoms with Gasteiger partial charge in [-0.15, -0.1) is 0 Å². The van der Waals surface area contributed by atoms with Crippen molar-refractivity contribution in [2.75, 3.05) is 0 Å².